The minimum Gasteiger partial charge on any atom is -0.310 e. The third kappa shape index (κ3) is 3.68. The highest BCUT2D eigenvalue weighted by atomic mass is 79.9. The summed E-state index contributed by atoms with van der Waals surface area (Å²) >= 11 is 3.58. The summed E-state index contributed by atoms with van der Waals surface area (Å²) in [6.45, 7) is 3.06. The first kappa shape index (κ1) is 13.3. The number of rotatable bonds is 5. The Morgan fingerprint density at radius 3 is 2.83 bits per heavy atom. The van der Waals surface area contributed by atoms with E-state index in [4.69, 9.17) is 0 Å². The second-order valence-electron chi connectivity index (χ2n) is 4.60. The van der Waals surface area contributed by atoms with Crippen LogP contribution in [0.4, 0.5) is 0 Å². The monoisotopic (exact) mass is 307 g/mol. The molecule has 1 atom stereocenters. The van der Waals surface area contributed by atoms with E-state index >= 15 is 0 Å². The maximum absolute atomic E-state index is 4.16. The van der Waals surface area contributed by atoms with Crippen molar-refractivity contribution in [3.8, 4) is 0 Å². The van der Waals surface area contributed by atoms with Crippen LogP contribution >= 0.6 is 15.9 Å². The molecule has 1 heterocycles. The standard InChI is InChI=1S/C14H18BrN3/c1-11(7-13-5-3-4-6-14(13)15)16-8-12-9-17-18(2)10-12/h3-6,9-11,16H,7-8H2,1-2H3. The molecule has 2 aromatic rings. The Morgan fingerprint density at radius 2 is 2.17 bits per heavy atom. The Morgan fingerprint density at radius 1 is 1.39 bits per heavy atom. The lowest BCUT2D eigenvalue weighted by Gasteiger charge is -2.14. The second-order valence-corrected chi connectivity index (χ2v) is 5.45. The normalized spacial score (nSPS) is 12.6. The van der Waals surface area contributed by atoms with E-state index in [-0.39, 0.29) is 0 Å². The lowest BCUT2D eigenvalue weighted by molar-refractivity contribution is 0.544. The van der Waals surface area contributed by atoms with Crippen molar-refractivity contribution < 1.29 is 0 Å². The third-order valence-electron chi connectivity index (χ3n) is 2.90. The van der Waals surface area contributed by atoms with Crippen molar-refractivity contribution in [1.29, 1.82) is 0 Å². The summed E-state index contributed by atoms with van der Waals surface area (Å²) in [6, 6.07) is 8.80. The summed E-state index contributed by atoms with van der Waals surface area (Å²) in [5.74, 6) is 0. The van der Waals surface area contributed by atoms with Crippen molar-refractivity contribution in [3.05, 3.63) is 52.3 Å². The van der Waals surface area contributed by atoms with Crippen molar-refractivity contribution in [3.63, 3.8) is 0 Å². The molecular weight excluding hydrogens is 290 g/mol. The molecule has 4 heteroatoms. The first-order valence-corrected chi connectivity index (χ1v) is 6.89. The molecule has 3 nitrogen and oxygen atoms in total. The van der Waals surface area contributed by atoms with Crippen LogP contribution in [-0.2, 0) is 20.0 Å². The van der Waals surface area contributed by atoms with Crippen LogP contribution in [0.2, 0.25) is 0 Å². The number of hydrogen-bond acceptors (Lipinski definition) is 2. The molecule has 0 saturated carbocycles. The van der Waals surface area contributed by atoms with Gasteiger partial charge in [-0.1, -0.05) is 34.1 Å². The van der Waals surface area contributed by atoms with Gasteiger partial charge in [-0.05, 0) is 25.0 Å². The molecule has 0 radical (unpaired) electrons. The van der Waals surface area contributed by atoms with Gasteiger partial charge in [-0.15, -0.1) is 0 Å². The molecule has 1 unspecified atom stereocenters. The van der Waals surface area contributed by atoms with Crippen LogP contribution in [0.1, 0.15) is 18.1 Å². The summed E-state index contributed by atoms with van der Waals surface area (Å²) in [7, 11) is 1.94. The molecule has 2 rings (SSSR count). The lowest BCUT2D eigenvalue weighted by Crippen LogP contribution is -2.27. The molecule has 0 spiro atoms. The highest BCUT2D eigenvalue weighted by Crippen LogP contribution is 2.17. The summed E-state index contributed by atoms with van der Waals surface area (Å²) in [4.78, 5) is 0. The molecule has 18 heavy (non-hydrogen) atoms. The fourth-order valence-corrected chi connectivity index (χ4v) is 2.37. The number of benzene rings is 1. The fourth-order valence-electron chi connectivity index (χ4n) is 1.92. The van der Waals surface area contributed by atoms with Crippen LogP contribution in [0.3, 0.4) is 0 Å². The largest absolute Gasteiger partial charge is 0.310 e. The van der Waals surface area contributed by atoms with E-state index in [1.54, 1.807) is 0 Å². The second kappa shape index (κ2) is 6.16. The third-order valence-corrected chi connectivity index (χ3v) is 3.67. The quantitative estimate of drug-likeness (QED) is 0.920. The molecule has 1 N–H and O–H groups in total. The van der Waals surface area contributed by atoms with E-state index in [9.17, 15) is 0 Å². The van der Waals surface area contributed by atoms with Gasteiger partial charge in [-0.2, -0.15) is 5.10 Å². The molecular formula is C14H18BrN3. The highest BCUT2D eigenvalue weighted by molar-refractivity contribution is 9.10. The van der Waals surface area contributed by atoms with E-state index in [2.05, 4.69) is 51.5 Å². The minimum atomic E-state index is 0.434. The average Bonchev–Trinajstić information content (AvgIpc) is 2.76. The number of nitrogens with one attached hydrogen (secondary N) is 1. The zero-order valence-electron chi connectivity index (χ0n) is 10.7. The fraction of sp³-hybridized carbons (Fsp3) is 0.357. The summed E-state index contributed by atoms with van der Waals surface area (Å²) < 4.78 is 3.01. The predicted octanol–water partition coefficient (Wildman–Crippen LogP) is 2.90. The highest BCUT2D eigenvalue weighted by Gasteiger charge is 2.06. The molecule has 0 fully saturated rings. The van der Waals surface area contributed by atoms with Crippen LogP contribution in [0.15, 0.2) is 41.1 Å². The van der Waals surface area contributed by atoms with Gasteiger partial charge in [-0.3, -0.25) is 4.68 Å². The molecule has 96 valence electrons. The van der Waals surface area contributed by atoms with Crippen LogP contribution in [0.25, 0.3) is 0 Å². The zero-order chi connectivity index (χ0) is 13.0. The van der Waals surface area contributed by atoms with E-state index in [0.29, 0.717) is 6.04 Å². The lowest BCUT2D eigenvalue weighted by atomic mass is 10.1. The smallest absolute Gasteiger partial charge is 0.0534 e. The average molecular weight is 308 g/mol. The molecule has 0 aliphatic heterocycles. The predicted molar refractivity (Wildman–Crippen MR) is 77.4 cm³/mol. The van der Waals surface area contributed by atoms with Crippen LogP contribution in [0.5, 0.6) is 0 Å². The van der Waals surface area contributed by atoms with Gasteiger partial charge in [0.15, 0.2) is 0 Å². The van der Waals surface area contributed by atoms with Crippen LogP contribution in [0, 0.1) is 0 Å². The topological polar surface area (TPSA) is 29.9 Å². The number of aromatic nitrogens is 2. The van der Waals surface area contributed by atoms with E-state index in [1.165, 1.54) is 15.6 Å². The van der Waals surface area contributed by atoms with Gasteiger partial charge in [-0.25, -0.2) is 0 Å². The van der Waals surface area contributed by atoms with Gasteiger partial charge >= 0.3 is 0 Å². The molecule has 0 aliphatic carbocycles. The van der Waals surface area contributed by atoms with E-state index in [1.807, 2.05) is 30.2 Å². The van der Waals surface area contributed by atoms with E-state index < -0.39 is 0 Å². The van der Waals surface area contributed by atoms with E-state index in [0.717, 1.165) is 13.0 Å². The van der Waals surface area contributed by atoms with Crippen molar-refractivity contribution >= 4 is 15.9 Å². The first-order valence-electron chi connectivity index (χ1n) is 6.09. The molecule has 0 amide bonds. The SMILES string of the molecule is CC(Cc1ccccc1Br)NCc1cnn(C)c1. The minimum absolute atomic E-state index is 0.434. The first-order chi connectivity index (χ1) is 8.65. The maximum atomic E-state index is 4.16. The summed E-state index contributed by atoms with van der Waals surface area (Å²) in [5, 5.41) is 7.68. The van der Waals surface area contributed by atoms with Gasteiger partial charge in [0, 0.05) is 35.9 Å². The Bertz CT molecular complexity index is 507. The van der Waals surface area contributed by atoms with Gasteiger partial charge in [0.05, 0.1) is 6.20 Å². The summed E-state index contributed by atoms with van der Waals surface area (Å²) in [5.41, 5.74) is 2.56. The number of nitrogens with zero attached hydrogens (tertiary/aromatic N) is 2. The number of halogens is 1. The molecule has 0 aliphatic rings. The van der Waals surface area contributed by atoms with Gasteiger partial charge in [0.25, 0.3) is 0 Å². The Balaban J connectivity index is 1.85. The van der Waals surface area contributed by atoms with Gasteiger partial charge in [0.1, 0.15) is 0 Å². The molecule has 0 saturated heterocycles. The Kier molecular flexibility index (Phi) is 4.55. The molecule has 0 bridgehead atoms. The van der Waals surface area contributed by atoms with Crippen LogP contribution < -0.4 is 5.32 Å². The van der Waals surface area contributed by atoms with Gasteiger partial charge < -0.3 is 5.32 Å². The molecule has 1 aromatic heterocycles. The Hall–Kier alpha value is -1.13. The zero-order valence-corrected chi connectivity index (χ0v) is 12.3. The molecule has 1 aromatic carbocycles. The summed E-state index contributed by atoms with van der Waals surface area (Å²) in [6.07, 6.45) is 4.96. The van der Waals surface area contributed by atoms with Crippen molar-refractivity contribution in [2.75, 3.05) is 0 Å². The van der Waals surface area contributed by atoms with Crippen molar-refractivity contribution in [1.82, 2.24) is 15.1 Å². The maximum Gasteiger partial charge on any atom is 0.0534 e. The van der Waals surface area contributed by atoms with Gasteiger partial charge in [0.2, 0.25) is 0 Å². The number of aryl methyl sites for hydroxylation is 1. The Labute approximate surface area is 116 Å². The van der Waals surface area contributed by atoms with Crippen molar-refractivity contribution in [2.24, 2.45) is 7.05 Å². The number of hydrogen-bond donors (Lipinski definition) is 1. The van der Waals surface area contributed by atoms with Crippen molar-refractivity contribution in [2.45, 2.75) is 25.9 Å². The van der Waals surface area contributed by atoms with Crippen LogP contribution in [-0.4, -0.2) is 15.8 Å².